The Morgan fingerprint density at radius 3 is 1.56 bits per heavy atom. The van der Waals surface area contributed by atoms with E-state index in [4.69, 9.17) is 14.2 Å². The van der Waals surface area contributed by atoms with Crippen LogP contribution in [0.5, 0.6) is 0 Å². The van der Waals surface area contributed by atoms with E-state index in [0.717, 1.165) is 70.6 Å². The average molecular weight is 697 g/mol. The van der Waals surface area contributed by atoms with E-state index >= 15 is 0 Å². The van der Waals surface area contributed by atoms with E-state index in [0.29, 0.717) is 6.42 Å². The Labute approximate surface area is 306 Å². The molecule has 0 aromatic carbocycles. The minimum Gasteiger partial charge on any atom is -0.462 e. The summed E-state index contributed by atoms with van der Waals surface area (Å²) >= 11 is 0. The van der Waals surface area contributed by atoms with Gasteiger partial charge in [-0.05, 0) is 70.6 Å². The molecular formula is C44H72O6. The highest BCUT2D eigenvalue weighted by Gasteiger charge is 2.19. The van der Waals surface area contributed by atoms with Gasteiger partial charge in [-0.1, -0.05) is 151 Å². The number of allylic oxidation sites excluding steroid dienone is 11. The number of hydrogen-bond acceptors (Lipinski definition) is 6. The second-order valence-electron chi connectivity index (χ2n) is 12.8. The van der Waals surface area contributed by atoms with Crippen molar-refractivity contribution in [3.63, 3.8) is 0 Å². The molecule has 0 amide bonds. The van der Waals surface area contributed by atoms with Crippen LogP contribution in [0, 0.1) is 0 Å². The average Bonchev–Trinajstić information content (AvgIpc) is 3.11. The van der Waals surface area contributed by atoms with Crippen molar-refractivity contribution in [1.29, 1.82) is 0 Å². The zero-order valence-electron chi connectivity index (χ0n) is 32.1. The van der Waals surface area contributed by atoms with Crippen molar-refractivity contribution in [3.8, 4) is 0 Å². The van der Waals surface area contributed by atoms with Crippen LogP contribution in [0.2, 0.25) is 0 Å². The summed E-state index contributed by atoms with van der Waals surface area (Å²) in [6.45, 7) is 6.26. The van der Waals surface area contributed by atoms with Crippen LogP contribution in [0.15, 0.2) is 72.9 Å². The van der Waals surface area contributed by atoms with Gasteiger partial charge in [0.1, 0.15) is 13.2 Å². The lowest BCUT2D eigenvalue weighted by Gasteiger charge is -2.18. The Hall–Kier alpha value is -3.15. The summed E-state index contributed by atoms with van der Waals surface area (Å²) in [5, 5.41) is 0. The minimum absolute atomic E-state index is 0.123. The number of hydrogen-bond donors (Lipinski definition) is 0. The molecule has 0 bridgehead atoms. The molecular weight excluding hydrogens is 624 g/mol. The minimum atomic E-state index is -0.834. The lowest BCUT2D eigenvalue weighted by atomic mass is 10.1. The zero-order valence-corrected chi connectivity index (χ0v) is 32.1. The van der Waals surface area contributed by atoms with Crippen LogP contribution in [0.25, 0.3) is 0 Å². The molecule has 0 fully saturated rings. The first kappa shape index (κ1) is 46.9. The first-order valence-corrected chi connectivity index (χ1v) is 19.9. The van der Waals surface area contributed by atoms with Crippen molar-refractivity contribution in [2.45, 2.75) is 175 Å². The first-order valence-electron chi connectivity index (χ1n) is 19.9. The monoisotopic (exact) mass is 697 g/mol. The van der Waals surface area contributed by atoms with E-state index < -0.39 is 12.1 Å². The highest BCUT2D eigenvalue weighted by molar-refractivity contribution is 5.72. The van der Waals surface area contributed by atoms with Crippen LogP contribution in [0.4, 0.5) is 0 Å². The molecule has 0 radical (unpaired) electrons. The zero-order chi connectivity index (χ0) is 36.6. The fourth-order valence-corrected chi connectivity index (χ4v) is 4.95. The number of carbonyl (C=O) groups is 3. The predicted octanol–water partition coefficient (Wildman–Crippen LogP) is 12.4. The SMILES string of the molecule is CC/C=C\C/C=C\C/C=C\CC(=O)OCC(COC(=O)CC/C=C\C/C=C\CCCCCCCC)OC(=O)CCCCCC/C=C\CCCC. The normalized spacial score (nSPS) is 12.8. The van der Waals surface area contributed by atoms with Gasteiger partial charge >= 0.3 is 17.9 Å². The van der Waals surface area contributed by atoms with E-state index in [2.05, 4.69) is 75.5 Å². The molecule has 0 saturated carbocycles. The van der Waals surface area contributed by atoms with E-state index in [1.165, 1.54) is 51.4 Å². The number of carbonyl (C=O) groups excluding carboxylic acids is 3. The van der Waals surface area contributed by atoms with Gasteiger partial charge in [0.15, 0.2) is 6.10 Å². The molecule has 0 aromatic heterocycles. The lowest BCUT2D eigenvalue weighted by molar-refractivity contribution is -0.166. The van der Waals surface area contributed by atoms with Crippen LogP contribution in [0.1, 0.15) is 168 Å². The van der Waals surface area contributed by atoms with Gasteiger partial charge in [0.25, 0.3) is 0 Å². The van der Waals surface area contributed by atoms with Crippen molar-refractivity contribution in [3.05, 3.63) is 72.9 Å². The predicted molar refractivity (Wildman–Crippen MR) is 210 cm³/mol. The lowest BCUT2D eigenvalue weighted by Crippen LogP contribution is -2.30. The van der Waals surface area contributed by atoms with Gasteiger partial charge in [0.2, 0.25) is 0 Å². The van der Waals surface area contributed by atoms with Gasteiger partial charge in [-0.25, -0.2) is 0 Å². The second-order valence-corrected chi connectivity index (χ2v) is 12.8. The van der Waals surface area contributed by atoms with Crippen LogP contribution in [-0.2, 0) is 28.6 Å². The summed E-state index contributed by atoms with van der Waals surface area (Å²) in [5.41, 5.74) is 0. The van der Waals surface area contributed by atoms with E-state index in [9.17, 15) is 14.4 Å². The molecule has 0 rings (SSSR count). The number of ether oxygens (including phenoxy) is 3. The highest BCUT2D eigenvalue weighted by Crippen LogP contribution is 2.10. The molecule has 284 valence electrons. The maximum Gasteiger partial charge on any atom is 0.309 e. The highest BCUT2D eigenvalue weighted by atomic mass is 16.6. The number of esters is 3. The fraction of sp³-hybridized carbons (Fsp3) is 0.659. The summed E-state index contributed by atoms with van der Waals surface area (Å²) in [6, 6.07) is 0. The molecule has 0 N–H and O–H groups in total. The Morgan fingerprint density at radius 2 is 0.920 bits per heavy atom. The van der Waals surface area contributed by atoms with Crippen LogP contribution >= 0.6 is 0 Å². The molecule has 1 unspecified atom stereocenters. The number of unbranched alkanes of at least 4 members (excludes halogenated alkanes) is 12. The third-order valence-corrected chi connectivity index (χ3v) is 7.96. The third-order valence-electron chi connectivity index (χ3n) is 7.96. The van der Waals surface area contributed by atoms with Crippen LogP contribution in [-0.4, -0.2) is 37.2 Å². The van der Waals surface area contributed by atoms with E-state index in [-0.39, 0.29) is 44.4 Å². The first-order chi connectivity index (χ1) is 24.5. The molecule has 1 atom stereocenters. The summed E-state index contributed by atoms with van der Waals surface area (Å²) in [4.78, 5) is 37.3. The number of rotatable bonds is 34. The molecule has 0 spiro atoms. The van der Waals surface area contributed by atoms with Gasteiger partial charge in [-0.2, -0.15) is 0 Å². The third kappa shape index (κ3) is 36.1. The fourth-order valence-electron chi connectivity index (χ4n) is 4.95. The molecule has 6 nitrogen and oxygen atoms in total. The van der Waals surface area contributed by atoms with Crippen molar-refractivity contribution in [1.82, 2.24) is 0 Å². The molecule has 0 saturated heterocycles. The maximum absolute atomic E-state index is 12.6. The molecule has 50 heavy (non-hydrogen) atoms. The van der Waals surface area contributed by atoms with Crippen LogP contribution < -0.4 is 0 Å². The molecule has 0 heterocycles. The van der Waals surface area contributed by atoms with Crippen LogP contribution in [0.3, 0.4) is 0 Å². The van der Waals surface area contributed by atoms with Crippen molar-refractivity contribution >= 4 is 17.9 Å². The Bertz CT molecular complexity index is 986. The van der Waals surface area contributed by atoms with Gasteiger partial charge in [-0.3, -0.25) is 14.4 Å². The molecule has 0 aliphatic rings. The topological polar surface area (TPSA) is 78.9 Å². The Kier molecular flexibility index (Phi) is 36.2. The van der Waals surface area contributed by atoms with Crippen molar-refractivity contribution in [2.75, 3.05) is 13.2 Å². The quantitative estimate of drug-likeness (QED) is 0.0288. The standard InChI is InChI=1S/C44H72O6/c1-4-7-10-13-16-19-21-22-23-26-28-31-34-37-43(46)49-40-41(39-48-42(45)36-33-30-27-24-18-15-12-9-6-3)50-44(47)38-35-32-29-25-20-17-14-11-8-5-2/h9,12,14,17-18,22-24,28,30-31,33,41H,4-8,10-11,13,15-16,19-21,25-27,29,32,34-40H2,1-3H3/b12-9-,17-14-,23-22-,24-18-,31-28-,33-30-. The smallest absolute Gasteiger partial charge is 0.309 e. The second kappa shape index (κ2) is 38.6. The summed E-state index contributed by atoms with van der Waals surface area (Å²) in [6.07, 6.45) is 46.5. The van der Waals surface area contributed by atoms with Crippen molar-refractivity contribution in [2.24, 2.45) is 0 Å². The molecule has 0 aliphatic carbocycles. The van der Waals surface area contributed by atoms with E-state index in [1.54, 1.807) is 6.08 Å². The largest absolute Gasteiger partial charge is 0.462 e. The Balaban J connectivity index is 4.56. The molecule has 6 heteroatoms. The van der Waals surface area contributed by atoms with Gasteiger partial charge in [-0.15, -0.1) is 0 Å². The molecule has 0 aliphatic heterocycles. The van der Waals surface area contributed by atoms with Gasteiger partial charge in [0.05, 0.1) is 6.42 Å². The molecule has 0 aromatic rings. The van der Waals surface area contributed by atoms with E-state index in [1.807, 2.05) is 12.2 Å². The summed E-state index contributed by atoms with van der Waals surface area (Å²) in [5.74, 6) is -1.15. The maximum atomic E-state index is 12.6. The van der Waals surface area contributed by atoms with Gasteiger partial charge < -0.3 is 14.2 Å². The van der Waals surface area contributed by atoms with Gasteiger partial charge in [0, 0.05) is 12.8 Å². The Morgan fingerprint density at radius 1 is 0.440 bits per heavy atom. The summed E-state index contributed by atoms with van der Waals surface area (Å²) in [7, 11) is 0. The van der Waals surface area contributed by atoms with Crippen molar-refractivity contribution < 1.29 is 28.6 Å². The summed E-state index contributed by atoms with van der Waals surface area (Å²) < 4.78 is 16.4.